The van der Waals surface area contributed by atoms with Gasteiger partial charge in [0.05, 0.1) is 25.6 Å². The second kappa shape index (κ2) is 10.9. The van der Waals surface area contributed by atoms with Crippen molar-refractivity contribution < 1.29 is 51.6 Å². The first kappa shape index (κ1) is 29.1. The Morgan fingerprint density at radius 1 is 1.05 bits per heavy atom. The number of phosphoric acid groups is 2. The van der Waals surface area contributed by atoms with Gasteiger partial charge in [-0.1, -0.05) is 0 Å². The number of aliphatic hydroxyl groups excluding tert-OH is 1. The highest BCUT2D eigenvalue weighted by Gasteiger charge is 2.51. The van der Waals surface area contributed by atoms with Gasteiger partial charge in [0.25, 0.3) is 5.56 Å². The summed E-state index contributed by atoms with van der Waals surface area (Å²) >= 11 is 0. The van der Waals surface area contributed by atoms with E-state index in [-0.39, 0.29) is 41.7 Å². The molecule has 3 fully saturated rings. The van der Waals surface area contributed by atoms with E-state index >= 15 is 0 Å². The van der Waals surface area contributed by atoms with E-state index < -0.39 is 77.1 Å². The lowest BCUT2D eigenvalue weighted by Crippen LogP contribution is -2.35. The molecule has 42 heavy (non-hydrogen) atoms. The summed E-state index contributed by atoms with van der Waals surface area (Å²) in [6.45, 7) is -1.16. The van der Waals surface area contributed by atoms with E-state index in [1.54, 1.807) is 0 Å². The van der Waals surface area contributed by atoms with Crippen LogP contribution >= 0.6 is 15.6 Å². The molecule has 0 radical (unpaired) electrons. The smallest absolute Gasteiger partial charge is 0.472 e. The molecule has 0 spiro atoms. The zero-order valence-electron chi connectivity index (χ0n) is 21.4. The molecule has 5 heterocycles. The van der Waals surface area contributed by atoms with Gasteiger partial charge in [-0.3, -0.25) is 32.4 Å². The van der Waals surface area contributed by atoms with Crippen molar-refractivity contribution in [3.63, 3.8) is 0 Å². The molecule has 228 valence electrons. The molecule has 6 rings (SSSR count). The third kappa shape index (κ3) is 5.91. The predicted octanol–water partition coefficient (Wildman–Crippen LogP) is -0.792. The van der Waals surface area contributed by atoms with E-state index in [9.17, 15) is 28.8 Å². The number of nitrogens with two attached hydrogens (primary N) is 2. The number of aromatic amines is 1. The van der Waals surface area contributed by atoms with Crippen molar-refractivity contribution in [3.05, 3.63) is 29.1 Å². The lowest BCUT2D eigenvalue weighted by Gasteiger charge is -2.25. The van der Waals surface area contributed by atoms with E-state index in [2.05, 4.69) is 24.9 Å². The molecule has 2 aliphatic heterocycles. The summed E-state index contributed by atoms with van der Waals surface area (Å²) in [5.74, 6) is -0.660. The van der Waals surface area contributed by atoms with Crippen molar-refractivity contribution >= 4 is 38.6 Å². The van der Waals surface area contributed by atoms with Gasteiger partial charge in [-0.05, 0) is 6.42 Å². The van der Waals surface area contributed by atoms with Gasteiger partial charge < -0.3 is 35.8 Å². The third-order valence-corrected chi connectivity index (χ3v) is 8.95. The molecule has 0 aromatic carbocycles. The zero-order valence-corrected chi connectivity index (χ0v) is 23.2. The summed E-state index contributed by atoms with van der Waals surface area (Å²) in [7, 11) is -9.70. The Labute approximate surface area is 235 Å². The zero-order chi connectivity index (χ0) is 29.8. The first-order valence-corrected chi connectivity index (χ1v) is 15.5. The fraction of sp³-hybridized carbons (Fsp3) is 0.550. The number of rotatable bonds is 3. The number of ether oxygens (including phenoxy) is 2. The minimum Gasteiger partial charge on any atom is -0.474 e. The second-order valence-corrected chi connectivity index (χ2v) is 12.6. The van der Waals surface area contributed by atoms with Crippen LogP contribution < -0.4 is 21.8 Å². The van der Waals surface area contributed by atoms with Crippen LogP contribution in [0.1, 0.15) is 19.1 Å². The topological polar surface area (TPSA) is 292 Å². The van der Waals surface area contributed by atoms with E-state index in [0.717, 1.165) is 10.9 Å². The number of imidazole rings is 1. The van der Waals surface area contributed by atoms with Crippen molar-refractivity contribution in [1.82, 2.24) is 29.5 Å². The summed E-state index contributed by atoms with van der Waals surface area (Å²) in [4.78, 5) is 51.4. The van der Waals surface area contributed by atoms with Crippen LogP contribution in [0.2, 0.25) is 0 Å². The number of nitrogen functional groups attached to an aromatic ring is 2. The molecule has 1 aliphatic carbocycles. The number of phosphoric ester groups is 2. The molecule has 3 aromatic heterocycles. The minimum absolute atomic E-state index is 0.0681. The maximum absolute atomic E-state index is 13.1. The molecular formula is C20H26N8O12P2. The van der Waals surface area contributed by atoms with Crippen LogP contribution in [0.15, 0.2) is 23.5 Å². The summed E-state index contributed by atoms with van der Waals surface area (Å²) in [5.41, 5.74) is 10.4. The standard InChI is InChI=1S/C20H26N8O12P2/c21-12-3-13(24-6-23-12)37-9-1-8-4-35-42(33,34)40-16-15(29)11(5-36-41(31,32)39-10(8)2-9)38-19(16)28-7-25-14-17(28)26-20(22)27-18(14)30/h3,6-11,15-16,19,29H,1-2,4-5H2,(H,31,32)(H,33,34)(H2,21,23,24)(H3,22,26,27,30)/t8-,9-,10+,11-,15-,16-,19-/m1/s1. The van der Waals surface area contributed by atoms with Crippen molar-refractivity contribution in [1.29, 1.82) is 0 Å². The molecule has 22 heteroatoms. The first-order chi connectivity index (χ1) is 19.9. The molecule has 3 aliphatic rings. The van der Waals surface area contributed by atoms with Crippen molar-refractivity contribution in [2.45, 2.75) is 49.6 Å². The summed E-state index contributed by atoms with van der Waals surface area (Å²) in [6.07, 6.45) is -5.14. The molecule has 1 saturated carbocycles. The lowest BCUT2D eigenvalue weighted by molar-refractivity contribution is -0.0561. The van der Waals surface area contributed by atoms with Gasteiger partial charge in [0.1, 0.15) is 36.6 Å². The summed E-state index contributed by atoms with van der Waals surface area (Å²) in [6, 6.07) is 1.39. The number of anilines is 2. The number of H-pyrrole nitrogens is 1. The Morgan fingerprint density at radius 2 is 1.81 bits per heavy atom. The Hall–Kier alpha value is -3.03. The van der Waals surface area contributed by atoms with Gasteiger partial charge in [-0.25, -0.2) is 24.1 Å². The van der Waals surface area contributed by atoms with Crippen LogP contribution in [0, 0.1) is 5.92 Å². The predicted molar refractivity (Wildman–Crippen MR) is 137 cm³/mol. The van der Waals surface area contributed by atoms with Crippen LogP contribution in [0.25, 0.3) is 11.2 Å². The average Bonchev–Trinajstić information content (AvgIpc) is 3.57. The molecule has 9 atom stereocenters. The maximum Gasteiger partial charge on any atom is 0.472 e. The molecule has 2 unspecified atom stereocenters. The Morgan fingerprint density at radius 3 is 2.60 bits per heavy atom. The van der Waals surface area contributed by atoms with Gasteiger partial charge in [0.15, 0.2) is 17.4 Å². The van der Waals surface area contributed by atoms with Crippen LogP contribution in [-0.4, -0.2) is 88.1 Å². The minimum atomic E-state index is -4.92. The SMILES string of the molecule is Nc1cc(O[C@@H]2C[C@@H]3COP(=O)(O)O[C@@H]4[C@H](O)[C@@H](COP(=O)(O)O[C@H]3C2)O[C@H]4n2cnc3c(=O)[nH]c(N)nc32)ncn1. The van der Waals surface area contributed by atoms with Crippen LogP contribution in [0.5, 0.6) is 5.88 Å². The number of aliphatic hydroxyl groups is 1. The van der Waals surface area contributed by atoms with E-state index in [1.165, 1.54) is 12.4 Å². The first-order valence-electron chi connectivity index (χ1n) is 12.5. The normalized spacial score (nSPS) is 37.5. The largest absolute Gasteiger partial charge is 0.474 e. The molecule has 8 N–H and O–H groups in total. The Kier molecular flexibility index (Phi) is 7.55. The number of fused-ring (bicyclic) bond motifs is 4. The lowest BCUT2D eigenvalue weighted by atomic mass is 10.1. The highest BCUT2D eigenvalue weighted by molar-refractivity contribution is 7.47. The van der Waals surface area contributed by atoms with Crippen molar-refractivity contribution in [2.75, 3.05) is 24.7 Å². The quantitative estimate of drug-likeness (QED) is 0.193. The highest BCUT2D eigenvalue weighted by Crippen LogP contribution is 2.54. The fourth-order valence-corrected chi connectivity index (χ4v) is 7.07. The highest BCUT2D eigenvalue weighted by atomic mass is 31.2. The van der Waals surface area contributed by atoms with Gasteiger partial charge in [-0.2, -0.15) is 4.98 Å². The van der Waals surface area contributed by atoms with Crippen LogP contribution in [-0.2, 0) is 32.0 Å². The average molecular weight is 632 g/mol. The fourth-order valence-electron chi connectivity index (χ4n) is 5.09. The van der Waals surface area contributed by atoms with Gasteiger partial charge in [0, 0.05) is 18.4 Å². The van der Waals surface area contributed by atoms with Crippen molar-refractivity contribution in [2.24, 2.45) is 5.92 Å². The summed E-state index contributed by atoms with van der Waals surface area (Å²) in [5, 5.41) is 11.0. The molecular weight excluding hydrogens is 606 g/mol. The molecule has 3 aromatic rings. The van der Waals surface area contributed by atoms with Crippen LogP contribution in [0.3, 0.4) is 0 Å². The second-order valence-electron chi connectivity index (χ2n) is 9.83. The summed E-state index contributed by atoms with van der Waals surface area (Å²) < 4.78 is 59.9. The monoisotopic (exact) mass is 632 g/mol. The molecule has 2 bridgehead atoms. The third-order valence-electron chi connectivity index (χ3n) is 6.95. The van der Waals surface area contributed by atoms with E-state index in [4.69, 9.17) is 39.0 Å². The number of aromatic nitrogens is 6. The number of hydrogen-bond donors (Lipinski definition) is 6. The van der Waals surface area contributed by atoms with E-state index in [0.29, 0.717) is 0 Å². The van der Waals surface area contributed by atoms with Crippen LogP contribution in [0.4, 0.5) is 11.8 Å². The molecule has 2 saturated heterocycles. The number of nitrogens with one attached hydrogen (secondary N) is 1. The van der Waals surface area contributed by atoms with E-state index in [1.807, 2.05) is 0 Å². The van der Waals surface area contributed by atoms with Crippen molar-refractivity contribution in [3.8, 4) is 5.88 Å². The van der Waals surface area contributed by atoms with Gasteiger partial charge in [-0.15, -0.1) is 0 Å². The van der Waals surface area contributed by atoms with Gasteiger partial charge in [0.2, 0.25) is 11.8 Å². The molecule has 0 amide bonds. The molecule has 20 nitrogen and oxygen atoms in total. The van der Waals surface area contributed by atoms with Gasteiger partial charge >= 0.3 is 15.6 Å². The Balaban J connectivity index is 1.27. The number of nitrogens with zero attached hydrogens (tertiary/aromatic N) is 5. The maximum atomic E-state index is 13.1. The Bertz CT molecular complexity index is 1640. The number of hydrogen-bond acceptors (Lipinski definition) is 16.